The predicted octanol–water partition coefficient (Wildman–Crippen LogP) is 1.16. The van der Waals surface area contributed by atoms with Crippen LogP contribution in [0.4, 0.5) is 0 Å². The van der Waals surface area contributed by atoms with Crippen molar-refractivity contribution in [3.05, 3.63) is 0 Å². The molecule has 0 aromatic carbocycles. The summed E-state index contributed by atoms with van der Waals surface area (Å²) in [6.07, 6.45) is 0. The van der Waals surface area contributed by atoms with Crippen LogP contribution in [-0.2, 0) is 9.59 Å². The van der Waals surface area contributed by atoms with E-state index in [2.05, 4.69) is 5.11 Å². The van der Waals surface area contributed by atoms with Crippen LogP contribution in [0.15, 0.2) is 0 Å². The van der Waals surface area contributed by atoms with Crippen LogP contribution in [-0.4, -0.2) is 37.5 Å². The Kier molecular flexibility index (Phi) is 1.52. The van der Waals surface area contributed by atoms with E-state index >= 15 is 0 Å². The number of hydrogen-bond acceptors (Lipinski definition) is 4. The van der Waals surface area contributed by atoms with E-state index in [1.54, 1.807) is 13.8 Å². The highest BCUT2D eigenvalue weighted by Gasteiger charge is 2.69. The van der Waals surface area contributed by atoms with Gasteiger partial charge in [-0.3, -0.25) is 4.79 Å². The summed E-state index contributed by atoms with van der Waals surface area (Å²) in [5.41, 5.74) is 0. The molecule has 1 unspecified atom stereocenters. The predicted molar refractivity (Wildman–Crippen MR) is 57.5 cm³/mol. The van der Waals surface area contributed by atoms with E-state index in [9.17, 15) is 9.59 Å². The number of carbonyl (C=O) groups excluding carboxylic acids is 1. The van der Waals surface area contributed by atoms with Crippen molar-refractivity contribution in [2.24, 2.45) is 5.89 Å². The molecule has 2 heterocycles. The molecule has 0 aromatic heterocycles. The van der Waals surface area contributed by atoms with E-state index in [0.29, 0.717) is 0 Å². The standard InChI is InChI=1S/C10H15NO3S/c1-5-7(12)11-6(8(13)14)9(2,3)15-10(5,11)4/h5-6H,1-4H3,(H,13,14)/t5-,6?,10+/m0/s1/i5D/hD. The molecule has 2 aliphatic rings. The van der Waals surface area contributed by atoms with Gasteiger partial charge in [-0.15, -0.1) is 11.8 Å². The van der Waals surface area contributed by atoms with E-state index in [-0.39, 0.29) is 5.91 Å². The third-order valence-corrected chi connectivity index (χ3v) is 4.95. The molecule has 0 aliphatic carbocycles. The fourth-order valence-corrected chi connectivity index (χ4v) is 4.32. The van der Waals surface area contributed by atoms with Gasteiger partial charge in [0.2, 0.25) is 5.91 Å². The van der Waals surface area contributed by atoms with Crippen molar-refractivity contribution in [3.63, 3.8) is 0 Å². The van der Waals surface area contributed by atoms with Crippen molar-refractivity contribution in [2.45, 2.75) is 43.4 Å². The van der Waals surface area contributed by atoms with Gasteiger partial charge in [-0.1, -0.05) is 6.92 Å². The van der Waals surface area contributed by atoms with Gasteiger partial charge in [-0.25, -0.2) is 4.79 Å². The van der Waals surface area contributed by atoms with Gasteiger partial charge in [0, 0.05) is 6.12 Å². The van der Waals surface area contributed by atoms with Gasteiger partial charge in [-0.2, -0.15) is 0 Å². The Morgan fingerprint density at radius 1 is 1.67 bits per heavy atom. The maximum atomic E-state index is 11.9. The maximum Gasteiger partial charge on any atom is 0.327 e. The number of carboxylic acid groups (broad SMARTS) is 1. The minimum Gasteiger partial charge on any atom is -0.480 e. The molecule has 0 radical (unpaired) electrons. The van der Waals surface area contributed by atoms with E-state index in [4.69, 9.17) is 2.80 Å². The summed E-state index contributed by atoms with van der Waals surface area (Å²) in [4.78, 5) is 24.2. The Labute approximate surface area is 95.9 Å². The highest BCUT2D eigenvalue weighted by molar-refractivity contribution is 8.02. The fraction of sp³-hybridized carbons (Fsp3) is 0.800. The van der Waals surface area contributed by atoms with Crippen LogP contribution in [0, 0.1) is 5.89 Å². The number of rotatable bonds is 1. The number of aliphatic carboxylic acids is 1. The second-order valence-electron chi connectivity index (χ2n) is 4.71. The van der Waals surface area contributed by atoms with Crippen molar-refractivity contribution < 1.29 is 16.1 Å². The van der Waals surface area contributed by atoms with Gasteiger partial charge < -0.3 is 10.0 Å². The molecule has 0 spiro atoms. The number of carboxylic acids is 1. The molecule has 1 amide bonds. The first-order valence-electron chi connectivity index (χ1n) is 5.71. The molecule has 4 nitrogen and oxygen atoms in total. The molecule has 0 saturated carbocycles. The van der Waals surface area contributed by atoms with Gasteiger partial charge >= 0.3 is 5.97 Å². The summed E-state index contributed by atoms with van der Waals surface area (Å²) in [7, 11) is 0. The SMILES string of the molecule is [2H]OC(=O)C1N2C(=O)[C@]([2H])(C)[C@@]2(C)SC1(C)C. The summed E-state index contributed by atoms with van der Waals surface area (Å²) >= 11 is 1.42. The van der Waals surface area contributed by atoms with Crippen LogP contribution in [0.5, 0.6) is 0 Å². The normalized spacial score (nSPS) is 48.9. The Hall–Kier alpha value is -0.710. The molecule has 2 aliphatic heterocycles. The van der Waals surface area contributed by atoms with Crippen molar-refractivity contribution in [1.82, 2.24) is 4.90 Å². The smallest absolute Gasteiger partial charge is 0.327 e. The Morgan fingerprint density at radius 3 is 2.80 bits per heavy atom. The maximum absolute atomic E-state index is 11.9. The van der Waals surface area contributed by atoms with Crippen molar-refractivity contribution >= 4 is 23.6 Å². The van der Waals surface area contributed by atoms with Crippen molar-refractivity contribution in [2.75, 3.05) is 0 Å². The van der Waals surface area contributed by atoms with Gasteiger partial charge in [0.1, 0.15) is 6.04 Å². The van der Waals surface area contributed by atoms with Crippen LogP contribution >= 0.6 is 11.8 Å². The highest BCUT2D eigenvalue weighted by Crippen LogP contribution is 2.60. The third kappa shape index (κ3) is 1.10. The number of hydrogen-bond donors (Lipinski definition) is 1. The zero-order chi connectivity index (χ0) is 13.2. The van der Waals surface area contributed by atoms with Gasteiger partial charge in [-0.05, 0) is 20.8 Å². The van der Waals surface area contributed by atoms with Crippen molar-refractivity contribution in [1.29, 1.82) is 1.43 Å². The van der Waals surface area contributed by atoms with Crippen molar-refractivity contribution in [3.8, 4) is 0 Å². The number of carbonyl (C=O) groups is 2. The first-order valence-corrected chi connectivity index (χ1v) is 5.62. The second-order valence-corrected chi connectivity index (χ2v) is 6.76. The summed E-state index contributed by atoms with van der Waals surface area (Å²) in [6, 6.07) is -0.791. The third-order valence-electron chi connectivity index (χ3n) is 3.30. The average Bonchev–Trinajstić information content (AvgIpc) is 2.42. The quantitative estimate of drug-likeness (QED) is 0.688. The van der Waals surface area contributed by atoms with Crippen LogP contribution in [0.25, 0.3) is 1.43 Å². The molecular weight excluding hydrogens is 214 g/mol. The number of fused-ring (bicyclic) bond motifs is 1. The molecule has 84 valence electrons. The topological polar surface area (TPSA) is 57.6 Å². The fourth-order valence-electron chi connectivity index (χ4n) is 2.46. The largest absolute Gasteiger partial charge is 0.480 e. The lowest BCUT2D eigenvalue weighted by Gasteiger charge is -2.50. The molecule has 15 heavy (non-hydrogen) atoms. The Balaban J connectivity index is 2.45. The molecule has 2 saturated heterocycles. The van der Waals surface area contributed by atoms with E-state index in [1.807, 2.05) is 13.8 Å². The number of amides is 1. The molecular formula is C10H15NO3S. The van der Waals surface area contributed by atoms with Crippen LogP contribution < -0.4 is 0 Å². The monoisotopic (exact) mass is 231 g/mol. The summed E-state index contributed by atoms with van der Waals surface area (Å²) in [5, 5.41) is 4.03. The molecule has 2 rings (SSSR count). The molecule has 3 atom stereocenters. The average molecular weight is 231 g/mol. The lowest BCUT2D eigenvalue weighted by molar-refractivity contribution is -0.169. The summed E-state index contributed by atoms with van der Waals surface area (Å²) in [5.74, 6) is -2.35. The van der Waals surface area contributed by atoms with Crippen LogP contribution in [0.2, 0.25) is 0 Å². The molecule has 0 aromatic rings. The summed E-state index contributed by atoms with van der Waals surface area (Å²) < 4.78 is 14.2. The van der Waals surface area contributed by atoms with E-state index < -0.39 is 27.5 Å². The number of β-lactam (4-membered cyclic amide) rings is 1. The van der Waals surface area contributed by atoms with Gasteiger partial charge in [0.15, 0.2) is 0 Å². The summed E-state index contributed by atoms with van der Waals surface area (Å²) in [6.45, 7) is 6.99. The lowest BCUT2D eigenvalue weighted by Crippen LogP contribution is -2.67. The van der Waals surface area contributed by atoms with E-state index in [0.717, 1.165) is 0 Å². The zero-order valence-electron chi connectivity index (χ0n) is 11.2. The Morgan fingerprint density at radius 2 is 2.27 bits per heavy atom. The minimum atomic E-state index is -1.23. The van der Waals surface area contributed by atoms with Crippen LogP contribution in [0.1, 0.15) is 29.1 Å². The Bertz CT molecular complexity index is 412. The first-order chi connectivity index (χ1) is 7.59. The molecule has 5 heteroatoms. The highest BCUT2D eigenvalue weighted by atomic mass is 32.2. The lowest BCUT2D eigenvalue weighted by atomic mass is 9.85. The number of nitrogens with zero attached hydrogens (tertiary/aromatic N) is 1. The molecule has 1 N–H and O–H groups in total. The molecule has 2 fully saturated rings. The van der Waals surface area contributed by atoms with Gasteiger partial charge in [0.25, 0.3) is 1.43 Å². The number of thioether (sulfide) groups is 1. The minimum absolute atomic E-state index is 0.381. The van der Waals surface area contributed by atoms with Crippen LogP contribution in [0.3, 0.4) is 0 Å². The second kappa shape index (κ2) is 2.70. The van der Waals surface area contributed by atoms with Gasteiger partial charge in [0.05, 0.1) is 10.8 Å². The zero-order valence-corrected chi connectivity index (χ0v) is 9.97. The molecule has 0 bridgehead atoms. The van der Waals surface area contributed by atoms with E-state index in [1.165, 1.54) is 16.7 Å². The first kappa shape index (κ1) is 8.44.